The Hall–Kier alpha value is -2.75. The van der Waals surface area contributed by atoms with E-state index in [1.807, 2.05) is 47.8 Å². The Balaban J connectivity index is 1.77. The van der Waals surface area contributed by atoms with Crippen molar-refractivity contribution in [3.8, 4) is 17.0 Å². The number of hydrogen-bond acceptors (Lipinski definition) is 6. The number of hydrogen-bond donors (Lipinski definition) is 1. The fourth-order valence-corrected chi connectivity index (χ4v) is 4.14. The lowest BCUT2D eigenvalue weighted by molar-refractivity contribution is -0.118. The fraction of sp³-hybridized carbons (Fsp3) is 0.190. The highest BCUT2D eigenvalue weighted by atomic mass is 79.9. The zero-order valence-corrected chi connectivity index (χ0v) is 18.6. The molecule has 1 amide bonds. The standard InChI is InChI=1S/C21H19BrN4O3S/c1-28-9-8-23-21-26(24-11-15-4-2-3-5-16(15)22)18(13-30-21)14-6-7-19-17(10-14)25-20(27)12-29-19/h2-7,10-11,13H,8-9,12H2,1H3,(H,25,27)/b23-21?,24-11-. The third-order valence-electron chi connectivity index (χ3n) is 4.35. The first-order chi connectivity index (χ1) is 14.7. The van der Waals surface area contributed by atoms with Crippen molar-refractivity contribution in [1.29, 1.82) is 0 Å². The Bertz CT molecular complexity index is 1170. The number of fused-ring (bicyclic) bond motifs is 1. The molecular formula is C21H19BrN4O3S. The van der Waals surface area contributed by atoms with Gasteiger partial charge in [0, 0.05) is 28.1 Å². The van der Waals surface area contributed by atoms with E-state index in [1.54, 1.807) is 18.0 Å². The van der Waals surface area contributed by atoms with E-state index in [9.17, 15) is 4.79 Å². The molecule has 3 aromatic rings. The van der Waals surface area contributed by atoms with Gasteiger partial charge in [-0.3, -0.25) is 9.79 Å². The van der Waals surface area contributed by atoms with Gasteiger partial charge in [-0.1, -0.05) is 34.1 Å². The molecule has 0 spiro atoms. The highest BCUT2D eigenvalue weighted by Crippen LogP contribution is 2.32. The van der Waals surface area contributed by atoms with Gasteiger partial charge in [-0.15, -0.1) is 11.3 Å². The number of anilines is 1. The Kier molecular flexibility index (Phi) is 6.41. The summed E-state index contributed by atoms with van der Waals surface area (Å²) in [5.74, 6) is 0.488. The van der Waals surface area contributed by atoms with Gasteiger partial charge >= 0.3 is 0 Å². The lowest BCUT2D eigenvalue weighted by atomic mass is 10.1. The summed E-state index contributed by atoms with van der Waals surface area (Å²) in [6.45, 7) is 1.10. The summed E-state index contributed by atoms with van der Waals surface area (Å²) in [5, 5.41) is 9.54. The molecule has 7 nitrogen and oxygen atoms in total. The number of nitrogens with one attached hydrogen (secondary N) is 1. The molecule has 1 N–H and O–H groups in total. The van der Waals surface area contributed by atoms with Gasteiger partial charge < -0.3 is 14.8 Å². The normalized spacial score (nSPS) is 13.9. The SMILES string of the molecule is COCCN=c1scc(-c2ccc3c(c2)NC(=O)CO3)n1/N=C\c1ccccc1Br. The van der Waals surface area contributed by atoms with Crippen molar-refractivity contribution >= 4 is 45.1 Å². The smallest absolute Gasteiger partial charge is 0.262 e. The second-order valence-electron chi connectivity index (χ2n) is 6.40. The van der Waals surface area contributed by atoms with Crippen LogP contribution in [0, 0.1) is 0 Å². The van der Waals surface area contributed by atoms with Crippen LogP contribution < -0.4 is 14.9 Å². The summed E-state index contributed by atoms with van der Waals surface area (Å²) >= 11 is 5.04. The maximum absolute atomic E-state index is 11.7. The van der Waals surface area contributed by atoms with Crippen LogP contribution in [0.15, 0.2) is 62.4 Å². The lowest BCUT2D eigenvalue weighted by Crippen LogP contribution is -2.25. The predicted octanol–water partition coefficient (Wildman–Crippen LogP) is 3.74. The monoisotopic (exact) mass is 486 g/mol. The predicted molar refractivity (Wildman–Crippen MR) is 121 cm³/mol. The highest BCUT2D eigenvalue weighted by Gasteiger charge is 2.17. The van der Waals surface area contributed by atoms with Crippen LogP contribution >= 0.6 is 27.3 Å². The van der Waals surface area contributed by atoms with E-state index in [2.05, 4.69) is 26.2 Å². The minimum Gasteiger partial charge on any atom is -0.482 e. The number of halogens is 1. The van der Waals surface area contributed by atoms with Gasteiger partial charge in [-0.2, -0.15) is 5.10 Å². The van der Waals surface area contributed by atoms with Crippen LogP contribution in [0.3, 0.4) is 0 Å². The van der Waals surface area contributed by atoms with Crippen molar-refractivity contribution in [3.63, 3.8) is 0 Å². The molecule has 2 aromatic carbocycles. The van der Waals surface area contributed by atoms with Crippen LogP contribution in [0.5, 0.6) is 5.75 Å². The van der Waals surface area contributed by atoms with Gasteiger partial charge in [0.05, 0.1) is 30.7 Å². The average molecular weight is 487 g/mol. The number of thiazole rings is 1. The first-order valence-electron chi connectivity index (χ1n) is 9.21. The molecule has 4 rings (SSSR count). The number of carbonyl (C=O) groups excluding carboxylic acids is 1. The van der Waals surface area contributed by atoms with Crippen molar-refractivity contribution in [2.45, 2.75) is 0 Å². The molecule has 9 heteroatoms. The van der Waals surface area contributed by atoms with Crippen LogP contribution in [0.2, 0.25) is 0 Å². The molecule has 154 valence electrons. The van der Waals surface area contributed by atoms with E-state index in [1.165, 1.54) is 11.3 Å². The number of amides is 1. The first-order valence-corrected chi connectivity index (χ1v) is 10.9. The molecule has 0 fully saturated rings. The van der Waals surface area contributed by atoms with Crippen molar-refractivity contribution < 1.29 is 14.3 Å². The minimum atomic E-state index is -0.167. The number of ether oxygens (including phenoxy) is 2. The molecule has 0 aliphatic carbocycles. The van der Waals surface area contributed by atoms with Crippen molar-refractivity contribution in [2.24, 2.45) is 10.1 Å². The largest absolute Gasteiger partial charge is 0.482 e. The number of rotatable bonds is 6. The van der Waals surface area contributed by atoms with E-state index in [-0.39, 0.29) is 12.5 Å². The van der Waals surface area contributed by atoms with Crippen LogP contribution in [0.1, 0.15) is 5.56 Å². The third-order valence-corrected chi connectivity index (χ3v) is 5.93. The molecule has 1 aliphatic heterocycles. The van der Waals surface area contributed by atoms with Crippen LogP contribution in [-0.2, 0) is 9.53 Å². The summed E-state index contributed by atoms with van der Waals surface area (Å²) in [4.78, 5) is 17.1. The molecule has 0 saturated heterocycles. The Morgan fingerprint density at radius 3 is 3.03 bits per heavy atom. The topological polar surface area (TPSA) is 77.2 Å². The first kappa shape index (κ1) is 20.5. The van der Waals surface area contributed by atoms with Gasteiger partial charge in [-0.05, 0) is 24.3 Å². The Morgan fingerprint density at radius 1 is 1.33 bits per heavy atom. The van der Waals surface area contributed by atoms with Crippen LogP contribution in [0.25, 0.3) is 11.3 Å². The van der Waals surface area contributed by atoms with Crippen LogP contribution in [0.4, 0.5) is 5.69 Å². The quantitative estimate of drug-likeness (QED) is 0.425. The zero-order chi connectivity index (χ0) is 20.9. The second-order valence-corrected chi connectivity index (χ2v) is 8.09. The molecule has 2 heterocycles. The van der Waals surface area contributed by atoms with Crippen LogP contribution in [-0.4, -0.2) is 43.7 Å². The molecule has 1 aromatic heterocycles. The summed E-state index contributed by atoms with van der Waals surface area (Å²) in [5.41, 5.74) is 3.36. The second kappa shape index (κ2) is 9.38. The van der Waals surface area contributed by atoms with E-state index in [0.29, 0.717) is 24.6 Å². The molecule has 0 unspecified atom stereocenters. The van der Waals surface area contributed by atoms with Crippen molar-refractivity contribution in [1.82, 2.24) is 4.68 Å². The molecule has 30 heavy (non-hydrogen) atoms. The maximum atomic E-state index is 11.7. The molecule has 0 bridgehead atoms. The third kappa shape index (κ3) is 4.53. The summed E-state index contributed by atoms with van der Waals surface area (Å²) in [7, 11) is 1.65. The van der Waals surface area contributed by atoms with Gasteiger partial charge in [-0.25, -0.2) is 4.68 Å². The number of methoxy groups -OCH3 is 1. The summed E-state index contributed by atoms with van der Waals surface area (Å²) in [6.07, 6.45) is 1.79. The van der Waals surface area contributed by atoms with Gasteiger partial charge in [0.15, 0.2) is 6.61 Å². The minimum absolute atomic E-state index is 0.0313. The number of nitrogens with zero attached hydrogens (tertiary/aromatic N) is 3. The highest BCUT2D eigenvalue weighted by molar-refractivity contribution is 9.10. The number of aromatic nitrogens is 1. The van der Waals surface area contributed by atoms with E-state index >= 15 is 0 Å². The van der Waals surface area contributed by atoms with Crippen molar-refractivity contribution in [2.75, 3.05) is 32.2 Å². The molecular weight excluding hydrogens is 468 g/mol. The van der Waals surface area contributed by atoms with Gasteiger partial charge in [0.2, 0.25) is 4.80 Å². The molecule has 1 aliphatic rings. The zero-order valence-electron chi connectivity index (χ0n) is 16.2. The average Bonchev–Trinajstić information content (AvgIpc) is 3.15. The molecule has 0 saturated carbocycles. The Morgan fingerprint density at radius 2 is 2.20 bits per heavy atom. The fourth-order valence-electron chi connectivity index (χ4n) is 2.89. The van der Waals surface area contributed by atoms with Gasteiger partial charge in [0.1, 0.15) is 5.75 Å². The lowest BCUT2D eigenvalue weighted by Gasteiger charge is -2.18. The van der Waals surface area contributed by atoms with Crippen molar-refractivity contribution in [3.05, 3.63) is 62.7 Å². The van der Waals surface area contributed by atoms with E-state index in [0.717, 1.165) is 26.1 Å². The Labute approximate surface area is 185 Å². The van der Waals surface area contributed by atoms with E-state index in [4.69, 9.17) is 14.6 Å². The molecule has 0 atom stereocenters. The number of carbonyl (C=O) groups is 1. The summed E-state index contributed by atoms with van der Waals surface area (Å²) < 4.78 is 13.3. The van der Waals surface area contributed by atoms with Gasteiger partial charge in [0.25, 0.3) is 5.91 Å². The van der Waals surface area contributed by atoms with E-state index < -0.39 is 0 Å². The molecule has 0 radical (unpaired) electrons. The maximum Gasteiger partial charge on any atom is 0.262 e. The number of benzene rings is 2. The summed E-state index contributed by atoms with van der Waals surface area (Å²) in [6, 6.07) is 13.6.